The maximum Gasteiger partial charge on any atom is 0.336 e. The van der Waals surface area contributed by atoms with Crippen LogP contribution in [0.3, 0.4) is 0 Å². The SMILES string of the molecule is CCCCCCCCOC(=O)CCCCCCCCC(=O)OCCCCCCCC.O=C(O)c1ccccc1C(=O)O. The Kier molecular flexibility index (Phi) is 26.3. The van der Waals surface area contributed by atoms with E-state index in [2.05, 4.69) is 13.8 Å². The van der Waals surface area contributed by atoms with Gasteiger partial charge in [0.1, 0.15) is 0 Å². The molecule has 2 N–H and O–H groups in total. The molecule has 0 spiro atoms. The van der Waals surface area contributed by atoms with Crippen molar-refractivity contribution < 1.29 is 38.9 Å². The first-order chi connectivity index (χ1) is 20.3. The van der Waals surface area contributed by atoms with E-state index in [9.17, 15) is 19.2 Å². The highest BCUT2D eigenvalue weighted by atomic mass is 16.5. The lowest BCUT2D eigenvalue weighted by atomic mass is 10.1. The van der Waals surface area contributed by atoms with Crippen LogP contribution in [0.4, 0.5) is 0 Å². The van der Waals surface area contributed by atoms with E-state index in [1.54, 1.807) is 0 Å². The molecule has 0 aromatic heterocycles. The van der Waals surface area contributed by atoms with Crippen molar-refractivity contribution in [3.05, 3.63) is 35.4 Å². The summed E-state index contributed by atoms with van der Waals surface area (Å²) in [7, 11) is 0. The van der Waals surface area contributed by atoms with Crippen LogP contribution in [0.15, 0.2) is 24.3 Å². The van der Waals surface area contributed by atoms with Crippen molar-refractivity contribution >= 4 is 23.9 Å². The number of ether oxygens (including phenoxy) is 2. The van der Waals surface area contributed by atoms with Crippen LogP contribution >= 0.6 is 0 Å². The van der Waals surface area contributed by atoms with Crippen molar-refractivity contribution in [3.63, 3.8) is 0 Å². The number of benzene rings is 1. The Morgan fingerprint density at radius 3 is 1.14 bits per heavy atom. The second-order valence-corrected chi connectivity index (χ2v) is 10.8. The maximum absolute atomic E-state index is 11.7. The predicted molar refractivity (Wildman–Crippen MR) is 166 cm³/mol. The van der Waals surface area contributed by atoms with Gasteiger partial charge in [-0.05, 0) is 37.8 Å². The lowest BCUT2D eigenvalue weighted by Gasteiger charge is -2.06. The van der Waals surface area contributed by atoms with Gasteiger partial charge in [-0.25, -0.2) is 9.59 Å². The van der Waals surface area contributed by atoms with E-state index in [4.69, 9.17) is 19.7 Å². The summed E-state index contributed by atoms with van der Waals surface area (Å²) in [6, 6.07) is 5.48. The number of carbonyl (C=O) groups is 4. The summed E-state index contributed by atoms with van der Waals surface area (Å²) in [6.45, 7) is 5.60. The zero-order chi connectivity index (χ0) is 31.3. The van der Waals surface area contributed by atoms with E-state index in [1.807, 2.05) is 0 Å². The van der Waals surface area contributed by atoms with Gasteiger partial charge in [-0.2, -0.15) is 0 Å². The topological polar surface area (TPSA) is 127 Å². The van der Waals surface area contributed by atoms with Crippen molar-refractivity contribution in [1.29, 1.82) is 0 Å². The average Bonchev–Trinajstić information content (AvgIpc) is 2.97. The third-order valence-corrected chi connectivity index (χ3v) is 6.92. The third kappa shape index (κ3) is 23.8. The quantitative estimate of drug-likeness (QED) is 0.0850. The molecule has 0 aliphatic heterocycles. The summed E-state index contributed by atoms with van der Waals surface area (Å²) < 4.78 is 10.6. The second-order valence-electron chi connectivity index (χ2n) is 10.8. The van der Waals surface area contributed by atoms with Gasteiger partial charge >= 0.3 is 23.9 Å². The summed E-state index contributed by atoms with van der Waals surface area (Å²) in [4.78, 5) is 44.3. The van der Waals surface area contributed by atoms with Gasteiger partial charge in [0.05, 0.1) is 24.3 Å². The van der Waals surface area contributed by atoms with Gasteiger partial charge in [-0.1, -0.05) is 116 Å². The van der Waals surface area contributed by atoms with E-state index < -0.39 is 11.9 Å². The molecule has 0 aliphatic carbocycles. The molecule has 0 saturated heterocycles. The molecule has 0 unspecified atom stereocenters. The molecule has 8 heteroatoms. The number of rotatable bonds is 25. The maximum atomic E-state index is 11.7. The summed E-state index contributed by atoms with van der Waals surface area (Å²) in [5.74, 6) is -2.55. The Hall–Kier alpha value is -2.90. The number of aromatic carboxylic acids is 2. The van der Waals surface area contributed by atoms with Gasteiger partial charge in [-0.15, -0.1) is 0 Å². The first-order valence-electron chi connectivity index (χ1n) is 16.2. The van der Waals surface area contributed by atoms with Crippen molar-refractivity contribution in [2.75, 3.05) is 13.2 Å². The molecule has 0 bridgehead atoms. The summed E-state index contributed by atoms with van der Waals surface area (Å²) in [6.07, 6.45) is 21.9. The Bertz CT molecular complexity index is 783. The van der Waals surface area contributed by atoms with Crippen LogP contribution in [0.25, 0.3) is 0 Å². The molecule has 1 aromatic carbocycles. The fourth-order valence-corrected chi connectivity index (χ4v) is 4.38. The molecule has 42 heavy (non-hydrogen) atoms. The molecule has 0 atom stereocenters. The fourth-order valence-electron chi connectivity index (χ4n) is 4.38. The molecule has 0 radical (unpaired) electrons. The summed E-state index contributed by atoms with van der Waals surface area (Å²) in [5, 5.41) is 17.1. The lowest BCUT2D eigenvalue weighted by Crippen LogP contribution is -2.06. The van der Waals surface area contributed by atoms with Crippen molar-refractivity contribution in [1.82, 2.24) is 0 Å². The van der Waals surface area contributed by atoms with E-state index >= 15 is 0 Å². The van der Waals surface area contributed by atoms with Crippen LogP contribution in [-0.4, -0.2) is 47.3 Å². The van der Waals surface area contributed by atoms with Gasteiger partial charge in [0.15, 0.2) is 0 Å². The van der Waals surface area contributed by atoms with Gasteiger partial charge < -0.3 is 19.7 Å². The van der Waals surface area contributed by atoms with Crippen molar-refractivity contribution in [3.8, 4) is 0 Å². The minimum Gasteiger partial charge on any atom is -0.478 e. The Morgan fingerprint density at radius 1 is 0.500 bits per heavy atom. The zero-order valence-corrected chi connectivity index (χ0v) is 26.2. The van der Waals surface area contributed by atoms with Crippen LogP contribution in [0.5, 0.6) is 0 Å². The van der Waals surface area contributed by atoms with Crippen LogP contribution in [0.2, 0.25) is 0 Å². The number of hydrogen-bond acceptors (Lipinski definition) is 6. The molecule has 240 valence electrons. The Balaban J connectivity index is 0.00000115. The molecule has 0 aliphatic rings. The highest BCUT2D eigenvalue weighted by Gasteiger charge is 2.13. The molecular formula is C34H56O8. The minimum atomic E-state index is -1.23. The van der Waals surface area contributed by atoms with Gasteiger partial charge in [-0.3, -0.25) is 9.59 Å². The highest BCUT2D eigenvalue weighted by molar-refractivity contribution is 6.01. The van der Waals surface area contributed by atoms with Gasteiger partial charge in [0.25, 0.3) is 0 Å². The average molecular weight is 593 g/mol. The van der Waals surface area contributed by atoms with E-state index in [0.29, 0.717) is 26.1 Å². The standard InChI is InChI=1S/C26H50O4.C8H6O4/c1-3-5-7-9-15-19-23-29-25(27)21-17-13-11-12-14-18-22-26(28)30-24-20-16-10-8-6-4-2;9-7(10)5-3-1-2-4-6(5)8(11)12/h3-24H2,1-2H3;1-4H,(H,9,10)(H,11,12). The van der Waals surface area contributed by atoms with Crippen LogP contribution in [0, 0.1) is 0 Å². The van der Waals surface area contributed by atoms with Crippen LogP contribution < -0.4 is 0 Å². The fraction of sp³-hybridized carbons (Fsp3) is 0.706. The van der Waals surface area contributed by atoms with Crippen LogP contribution in [-0.2, 0) is 19.1 Å². The molecule has 0 fully saturated rings. The molecular weight excluding hydrogens is 536 g/mol. The van der Waals surface area contributed by atoms with Crippen LogP contribution in [0.1, 0.15) is 163 Å². The molecule has 1 aromatic rings. The van der Waals surface area contributed by atoms with Crippen molar-refractivity contribution in [2.45, 2.75) is 142 Å². The normalized spacial score (nSPS) is 10.4. The van der Waals surface area contributed by atoms with E-state index in [0.717, 1.165) is 51.4 Å². The molecule has 0 heterocycles. The van der Waals surface area contributed by atoms with Crippen molar-refractivity contribution in [2.24, 2.45) is 0 Å². The molecule has 1 rings (SSSR count). The predicted octanol–water partition coefficient (Wildman–Crippen LogP) is 9.00. The van der Waals surface area contributed by atoms with Gasteiger partial charge in [0.2, 0.25) is 0 Å². The number of esters is 2. The molecule has 8 nitrogen and oxygen atoms in total. The van der Waals surface area contributed by atoms with E-state index in [1.165, 1.54) is 88.5 Å². The lowest BCUT2D eigenvalue weighted by molar-refractivity contribution is -0.144. The zero-order valence-electron chi connectivity index (χ0n) is 26.2. The number of hydrogen-bond donors (Lipinski definition) is 2. The number of unbranched alkanes of at least 4 members (excludes halogenated alkanes) is 15. The summed E-state index contributed by atoms with van der Waals surface area (Å²) >= 11 is 0. The highest BCUT2D eigenvalue weighted by Crippen LogP contribution is 2.11. The second kappa shape index (κ2) is 28.2. The molecule has 0 amide bonds. The monoisotopic (exact) mass is 592 g/mol. The smallest absolute Gasteiger partial charge is 0.336 e. The minimum absolute atomic E-state index is 0.0448. The Labute approximate surface area is 253 Å². The largest absolute Gasteiger partial charge is 0.478 e. The summed E-state index contributed by atoms with van der Waals surface area (Å²) in [5.41, 5.74) is -0.380. The molecule has 0 saturated carbocycles. The van der Waals surface area contributed by atoms with E-state index in [-0.39, 0.29) is 23.1 Å². The first kappa shape index (κ1) is 39.1. The first-order valence-corrected chi connectivity index (χ1v) is 16.2. The third-order valence-electron chi connectivity index (χ3n) is 6.92. The van der Waals surface area contributed by atoms with Gasteiger partial charge in [0, 0.05) is 12.8 Å². The Morgan fingerprint density at radius 2 is 0.810 bits per heavy atom. The number of carboxylic acid groups (broad SMARTS) is 2. The number of carboxylic acids is 2. The number of carbonyl (C=O) groups excluding carboxylic acids is 2.